The number of hydrogen-bond donors (Lipinski definition) is 1. The summed E-state index contributed by atoms with van der Waals surface area (Å²) in [5.74, 6) is 0. The molecule has 1 fully saturated rings. The van der Waals surface area contributed by atoms with Crippen LogP contribution in [0, 0.1) is 0 Å². The van der Waals surface area contributed by atoms with Gasteiger partial charge in [0.15, 0.2) is 0 Å². The number of nitrogens with one attached hydrogen (secondary N) is 1. The van der Waals surface area contributed by atoms with Gasteiger partial charge < -0.3 is 10.2 Å². The molecular formula is C16H34N2. The Morgan fingerprint density at radius 1 is 1.06 bits per heavy atom. The molecule has 0 bridgehead atoms. The van der Waals surface area contributed by atoms with Crippen molar-refractivity contribution in [2.75, 3.05) is 20.6 Å². The fraction of sp³-hybridized carbons (Fsp3) is 1.00. The van der Waals surface area contributed by atoms with Gasteiger partial charge >= 0.3 is 0 Å². The molecule has 2 nitrogen and oxygen atoms in total. The van der Waals surface area contributed by atoms with E-state index in [0.717, 1.165) is 6.54 Å². The summed E-state index contributed by atoms with van der Waals surface area (Å²) in [4.78, 5) is 2.52. The van der Waals surface area contributed by atoms with Crippen LogP contribution in [0.1, 0.15) is 71.6 Å². The molecule has 1 N–H and O–H groups in total. The highest BCUT2D eigenvalue weighted by atomic mass is 15.2. The Balaban J connectivity index is 2.69. The summed E-state index contributed by atoms with van der Waals surface area (Å²) in [7, 11) is 4.57. The quantitative estimate of drug-likeness (QED) is 0.663. The third-order valence-electron chi connectivity index (χ3n) is 4.81. The Morgan fingerprint density at radius 3 is 2.22 bits per heavy atom. The minimum atomic E-state index is 0.419. The summed E-state index contributed by atoms with van der Waals surface area (Å²) in [6.07, 6.45) is 12.4. The number of likely N-dealkylation sites (N-methyl/N-ethyl adjacent to an activating group) is 2. The van der Waals surface area contributed by atoms with E-state index in [4.69, 9.17) is 0 Å². The van der Waals surface area contributed by atoms with Crippen LogP contribution < -0.4 is 5.32 Å². The first-order valence-corrected chi connectivity index (χ1v) is 8.08. The van der Waals surface area contributed by atoms with Crippen molar-refractivity contribution in [3.05, 3.63) is 0 Å². The highest BCUT2D eigenvalue weighted by molar-refractivity contribution is 5.00. The lowest BCUT2D eigenvalue weighted by atomic mass is 9.73. The Labute approximate surface area is 115 Å². The molecule has 2 heteroatoms. The van der Waals surface area contributed by atoms with Crippen molar-refractivity contribution in [2.45, 2.75) is 83.2 Å². The van der Waals surface area contributed by atoms with Crippen LogP contribution in [-0.4, -0.2) is 37.1 Å². The maximum atomic E-state index is 3.79. The molecule has 0 aromatic carbocycles. The molecule has 1 aliphatic rings. The van der Waals surface area contributed by atoms with E-state index in [1.807, 2.05) is 0 Å². The van der Waals surface area contributed by atoms with Crippen molar-refractivity contribution in [1.29, 1.82) is 0 Å². The van der Waals surface area contributed by atoms with Crippen molar-refractivity contribution >= 4 is 0 Å². The van der Waals surface area contributed by atoms with Gasteiger partial charge in [0.25, 0.3) is 0 Å². The molecule has 0 heterocycles. The highest BCUT2D eigenvalue weighted by Crippen LogP contribution is 2.36. The zero-order valence-corrected chi connectivity index (χ0v) is 13.1. The maximum absolute atomic E-state index is 3.79. The summed E-state index contributed by atoms with van der Waals surface area (Å²) >= 11 is 0. The first-order valence-electron chi connectivity index (χ1n) is 8.08. The van der Waals surface area contributed by atoms with Crippen molar-refractivity contribution < 1.29 is 0 Å². The average Bonchev–Trinajstić information content (AvgIpc) is 2.38. The van der Waals surface area contributed by atoms with Gasteiger partial charge in [0.1, 0.15) is 0 Å². The standard InChI is InChI=1S/C16H34N2/c1-5-7-9-12-15(17-6-2)16(18(3)4)13-10-8-11-14-16/h15,17H,5-14H2,1-4H3. The maximum Gasteiger partial charge on any atom is 0.0356 e. The van der Waals surface area contributed by atoms with E-state index in [1.54, 1.807) is 0 Å². The van der Waals surface area contributed by atoms with Gasteiger partial charge in [-0.05, 0) is 39.9 Å². The predicted octanol–water partition coefficient (Wildman–Crippen LogP) is 3.81. The molecule has 0 aromatic rings. The van der Waals surface area contributed by atoms with Gasteiger partial charge in [-0.3, -0.25) is 0 Å². The SMILES string of the molecule is CCCCCC(NCC)C1(N(C)C)CCCCC1. The number of rotatable bonds is 8. The van der Waals surface area contributed by atoms with Crippen molar-refractivity contribution in [3.63, 3.8) is 0 Å². The topological polar surface area (TPSA) is 15.3 Å². The van der Waals surface area contributed by atoms with Crippen LogP contribution in [0.3, 0.4) is 0 Å². The monoisotopic (exact) mass is 254 g/mol. The smallest absolute Gasteiger partial charge is 0.0356 e. The van der Waals surface area contributed by atoms with Gasteiger partial charge in [0.05, 0.1) is 0 Å². The molecule has 1 rings (SSSR count). The van der Waals surface area contributed by atoms with Gasteiger partial charge in [-0.2, -0.15) is 0 Å². The lowest BCUT2D eigenvalue weighted by Crippen LogP contribution is -2.60. The second-order valence-electron chi connectivity index (χ2n) is 6.16. The third-order valence-corrected chi connectivity index (χ3v) is 4.81. The van der Waals surface area contributed by atoms with Gasteiger partial charge in [-0.25, -0.2) is 0 Å². The van der Waals surface area contributed by atoms with Crippen molar-refractivity contribution in [1.82, 2.24) is 10.2 Å². The molecule has 0 saturated heterocycles. The first-order chi connectivity index (χ1) is 8.67. The molecule has 0 aliphatic heterocycles. The number of unbranched alkanes of at least 4 members (excludes halogenated alkanes) is 2. The zero-order chi connectivity index (χ0) is 13.4. The molecule has 0 spiro atoms. The predicted molar refractivity (Wildman–Crippen MR) is 81.1 cm³/mol. The molecule has 1 aliphatic carbocycles. The summed E-state index contributed by atoms with van der Waals surface area (Å²) in [6, 6.07) is 0.685. The summed E-state index contributed by atoms with van der Waals surface area (Å²) < 4.78 is 0. The van der Waals surface area contributed by atoms with Crippen LogP contribution in [0.15, 0.2) is 0 Å². The fourth-order valence-electron chi connectivity index (χ4n) is 3.68. The normalized spacial score (nSPS) is 21.2. The first kappa shape index (κ1) is 16.0. The van der Waals surface area contributed by atoms with Gasteiger partial charge in [0, 0.05) is 11.6 Å². The van der Waals surface area contributed by atoms with Crippen LogP contribution in [0.25, 0.3) is 0 Å². The fourth-order valence-corrected chi connectivity index (χ4v) is 3.68. The molecule has 108 valence electrons. The van der Waals surface area contributed by atoms with Gasteiger partial charge in [-0.15, -0.1) is 0 Å². The van der Waals surface area contributed by atoms with Crippen molar-refractivity contribution in [2.24, 2.45) is 0 Å². The molecule has 0 amide bonds. The molecule has 1 unspecified atom stereocenters. The van der Waals surface area contributed by atoms with E-state index in [2.05, 4.69) is 38.2 Å². The van der Waals surface area contributed by atoms with E-state index < -0.39 is 0 Å². The molecule has 18 heavy (non-hydrogen) atoms. The van der Waals surface area contributed by atoms with Crippen LogP contribution >= 0.6 is 0 Å². The average molecular weight is 254 g/mol. The van der Waals surface area contributed by atoms with E-state index in [0.29, 0.717) is 11.6 Å². The molecule has 0 radical (unpaired) electrons. The third kappa shape index (κ3) is 3.96. The van der Waals surface area contributed by atoms with Crippen LogP contribution in [-0.2, 0) is 0 Å². The van der Waals surface area contributed by atoms with Crippen LogP contribution in [0.4, 0.5) is 0 Å². The lowest BCUT2D eigenvalue weighted by molar-refractivity contribution is 0.0531. The zero-order valence-electron chi connectivity index (χ0n) is 13.1. The Bertz CT molecular complexity index is 207. The number of hydrogen-bond acceptors (Lipinski definition) is 2. The van der Waals surface area contributed by atoms with E-state index >= 15 is 0 Å². The number of nitrogens with zero attached hydrogens (tertiary/aromatic N) is 1. The summed E-state index contributed by atoms with van der Waals surface area (Å²) in [6.45, 7) is 5.65. The van der Waals surface area contributed by atoms with Crippen LogP contribution in [0.2, 0.25) is 0 Å². The Hall–Kier alpha value is -0.0800. The lowest BCUT2D eigenvalue weighted by Gasteiger charge is -2.49. The summed E-state index contributed by atoms with van der Waals surface area (Å²) in [5, 5.41) is 3.79. The van der Waals surface area contributed by atoms with Gasteiger partial charge in [0.2, 0.25) is 0 Å². The van der Waals surface area contributed by atoms with E-state index in [1.165, 1.54) is 57.8 Å². The van der Waals surface area contributed by atoms with E-state index in [9.17, 15) is 0 Å². The summed E-state index contributed by atoms with van der Waals surface area (Å²) in [5.41, 5.74) is 0.419. The Kier molecular flexibility index (Phi) is 7.25. The van der Waals surface area contributed by atoms with Gasteiger partial charge in [-0.1, -0.05) is 52.4 Å². The molecule has 1 atom stereocenters. The minimum Gasteiger partial charge on any atom is -0.312 e. The minimum absolute atomic E-state index is 0.419. The second kappa shape index (κ2) is 8.16. The Morgan fingerprint density at radius 2 is 1.72 bits per heavy atom. The molecule has 0 aromatic heterocycles. The largest absolute Gasteiger partial charge is 0.312 e. The highest BCUT2D eigenvalue weighted by Gasteiger charge is 2.40. The molecule has 1 saturated carbocycles. The second-order valence-corrected chi connectivity index (χ2v) is 6.16. The van der Waals surface area contributed by atoms with Crippen molar-refractivity contribution in [3.8, 4) is 0 Å². The molecular weight excluding hydrogens is 220 g/mol. The van der Waals surface area contributed by atoms with Crippen LogP contribution in [0.5, 0.6) is 0 Å². The van der Waals surface area contributed by atoms with E-state index in [-0.39, 0.29) is 0 Å².